The van der Waals surface area contributed by atoms with Crippen molar-refractivity contribution >= 4 is 11.8 Å². The molecular formula is C15H27N3O2. The van der Waals surface area contributed by atoms with Gasteiger partial charge in [-0.05, 0) is 31.1 Å². The summed E-state index contributed by atoms with van der Waals surface area (Å²) >= 11 is 0. The monoisotopic (exact) mass is 281 g/mol. The van der Waals surface area contributed by atoms with Crippen LogP contribution in [0.3, 0.4) is 0 Å². The molecule has 2 aliphatic rings. The Balaban J connectivity index is 1.82. The number of hydrogen-bond donors (Lipinski definition) is 2. The van der Waals surface area contributed by atoms with E-state index in [-0.39, 0.29) is 24.3 Å². The van der Waals surface area contributed by atoms with Gasteiger partial charge in [0.2, 0.25) is 11.8 Å². The van der Waals surface area contributed by atoms with Crippen molar-refractivity contribution in [3.05, 3.63) is 0 Å². The maximum absolute atomic E-state index is 12.3. The number of likely N-dealkylation sites (tertiary alicyclic amines) is 1. The normalized spacial score (nSPS) is 27.3. The van der Waals surface area contributed by atoms with E-state index >= 15 is 0 Å². The van der Waals surface area contributed by atoms with Crippen LogP contribution in [-0.4, -0.2) is 41.9 Å². The summed E-state index contributed by atoms with van der Waals surface area (Å²) in [7, 11) is 0. The second-order valence-electron chi connectivity index (χ2n) is 6.48. The summed E-state index contributed by atoms with van der Waals surface area (Å²) in [5.74, 6) is 0.581. The van der Waals surface area contributed by atoms with E-state index in [1.807, 2.05) is 18.7 Å². The number of nitrogens with two attached hydrogens (primary N) is 1. The van der Waals surface area contributed by atoms with E-state index < -0.39 is 6.04 Å². The number of carbonyl (C=O) groups is 2. The SMILES string of the molecule is CC(C)[C@H](N)C(=O)NCC(=O)N1CCC2CCCCC21. The predicted molar refractivity (Wildman–Crippen MR) is 77.9 cm³/mol. The van der Waals surface area contributed by atoms with Gasteiger partial charge in [0.1, 0.15) is 0 Å². The molecule has 3 atom stereocenters. The number of nitrogens with zero attached hydrogens (tertiary/aromatic N) is 1. The molecule has 2 unspecified atom stereocenters. The largest absolute Gasteiger partial charge is 0.346 e. The summed E-state index contributed by atoms with van der Waals surface area (Å²) < 4.78 is 0. The molecule has 1 saturated carbocycles. The first-order chi connectivity index (χ1) is 9.50. The van der Waals surface area contributed by atoms with Crippen LogP contribution < -0.4 is 11.1 Å². The van der Waals surface area contributed by atoms with Gasteiger partial charge in [0.25, 0.3) is 0 Å². The van der Waals surface area contributed by atoms with E-state index in [0.717, 1.165) is 19.4 Å². The highest BCUT2D eigenvalue weighted by molar-refractivity contribution is 5.87. The number of fused-ring (bicyclic) bond motifs is 1. The summed E-state index contributed by atoms with van der Waals surface area (Å²) in [4.78, 5) is 26.0. The highest BCUT2D eigenvalue weighted by Crippen LogP contribution is 2.35. The first-order valence-electron chi connectivity index (χ1n) is 7.83. The number of rotatable bonds is 4. The molecule has 1 saturated heterocycles. The Bertz CT molecular complexity index is 370. The first-order valence-corrected chi connectivity index (χ1v) is 7.83. The zero-order valence-corrected chi connectivity index (χ0v) is 12.6. The van der Waals surface area contributed by atoms with Gasteiger partial charge in [-0.2, -0.15) is 0 Å². The van der Waals surface area contributed by atoms with Gasteiger partial charge in [-0.25, -0.2) is 0 Å². The van der Waals surface area contributed by atoms with E-state index in [4.69, 9.17) is 5.73 Å². The first kappa shape index (κ1) is 15.3. The smallest absolute Gasteiger partial charge is 0.242 e. The number of carbonyl (C=O) groups excluding carboxylic acids is 2. The zero-order chi connectivity index (χ0) is 14.7. The van der Waals surface area contributed by atoms with Gasteiger partial charge in [0.05, 0.1) is 12.6 Å². The van der Waals surface area contributed by atoms with Crippen LogP contribution in [0, 0.1) is 11.8 Å². The second-order valence-corrected chi connectivity index (χ2v) is 6.48. The summed E-state index contributed by atoms with van der Waals surface area (Å²) in [5.41, 5.74) is 5.77. The molecule has 0 aromatic heterocycles. The fraction of sp³-hybridized carbons (Fsp3) is 0.867. The Kier molecular flexibility index (Phi) is 5.02. The Hall–Kier alpha value is -1.10. The molecule has 114 valence electrons. The average molecular weight is 281 g/mol. The second kappa shape index (κ2) is 6.57. The van der Waals surface area contributed by atoms with Crippen molar-refractivity contribution in [1.29, 1.82) is 0 Å². The van der Waals surface area contributed by atoms with Crippen LogP contribution >= 0.6 is 0 Å². The van der Waals surface area contributed by atoms with Crippen LogP contribution in [0.4, 0.5) is 0 Å². The van der Waals surface area contributed by atoms with Crippen LogP contribution in [0.1, 0.15) is 46.0 Å². The molecule has 0 radical (unpaired) electrons. The van der Waals surface area contributed by atoms with E-state index in [1.165, 1.54) is 19.3 Å². The summed E-state index contributed by atoms with van der Waals surface area (Å²) in [6, 6.07) is -0.129. The molecular weight excluding hydrogens is 254 g/mol. The fourth-order valence-corrected chi connectivity index (χ4v) is 3.40. The van der Waals surface area contributed by atoms with Crippen molar-refractivity contribution in [1.82, 2.24) is 10.2 Å². The lowest BCUT2D eigenvalue weighted by Crippen LogP contribution is -2.49. The average Bonchev–Trinajstić information content (AvgIpc) is 2.87. The molecule has 5 nitrogen and oxygen atoms in total. The molecule has 1 heterocycles. The third-order valence-corrected chi connectivity index (χ3v) is 4.77. The molecule has 0 aromatic carbocycles. The lowest BCUT2D eigenvalue weighted by atomic mass is 9.85. The van der Waals surface area contributed by atoms with Gasteiger partial charge in [-0.1, -0.05) is 26.7 Å². The van der Waals surface area contributed by atoms with Gasteiger partial charge < -0.3 is 16.0 Å². The van der Waals surface area contributed by atoms with E-state index in [0.29, 0.717) is 12.0 Å². The number of nitrogens with one attached hydrogen (secondary N) is 1. The highest BCUT2D eigenvalue weighted by Gasteiger charge is 2.37. The molecule has 2 fully saturated rings. The van der Waals surface area contributed by atoms with Crippen molar-refractivity contribution in [3.63, 3.8) is 0 Å². The van der Waals surface area contributed by atoms with Gasteiger partial charge in [0.15, 0.2) is 0 Å². The minimum Gasteiger partial charge on any atom is -0.346 e. The molecule has 1 aliphatic heterocycles. The summed E-state index contributed by atoms with van der Waals surface area (Å²) in [6.07, 6.45) is 6.00. The Labute approximate surface area is 121 Å². The van der Waals surface area contributed by atoms with Crippen molar-refractivity contribution < 1.29 is 9.59 Å². The van der Waals surface area contributed by atoms with Gasteiger partial charge in [0, 0.05) is 12.6 Å². The van der Waals surface area contributed by atoms with E-state index in [1.54, 1.807) is 0 Å². The topological polar surface area (TPSA) is 75.4 Å². The molecule has 0 spiro atoms. The van der Waals surface area contributed by atoms with Gasteiger partial charge in [-0.3, -0.25) is 9.59 Å². The number of hydrogen-bond acceptors (Lipinski definition) is 3. The third kappa shape index (κ3) is 3.32. The summed E-state index contributed by atoms with van der Waals surface area (Å²) in [6.45, 7) is 4.74. The van der Waals surface area contributed by atoms with Crippen molar-refractivity contribution in [2.24, 2.45) is 17.6 Å². The number of amides is 2. The molecule has 2 amide bonds. The molecule has 0 aromatic rings. The van der Waals surface area contributed by atoms with Crippen molar-refractivity contribution in [3.8, 4) is 0 Å². The predicted octanol–water partition coefficient (Wildman–Crippen LogP) is 0.877. The van der Waals surface area contributed by atoms with Crippen LogP contribution in [-0.2, 0) is 9.59 Å². The molecule has 5 heteroatoms. The quantitative estimate of drug-likeness (QED) is 0.803. The molecule has 20 heavy (non-hydrogen) atoms. The van der Waals surface area contributed by atoms with Crippen LogP contribution in [0.25, 0.3) is 0 Å². The van der Waals surface area contributed by atoms with E-state index in [2.05, 4.69) is 5.32 Å². The lowest BCUT2D eigenvalue weighted by molar-refractivity contribution is -0.134. The van der Waals surface area contributed by atoms with Crippen molar-refractivity contribution in [2.75, 3.05) is 13.1 Å². The molecule has 1 aliphatic carbocycles. The highest BCUT2D eigenvalue weighted by atomic mass is 16.2. The van der Waals surface area contributed by atoms with E-state index in [9.17, 15) is 9.59 Å². The van der Waals surface area contributed by atoms with Crippen LogP contribution in [0.2, 0.25) is 0 Å². The molecule has 0 bridgehead atoms. The zero-order valence-electron chi connectivity index (χ0n) is 12.6. The Morgan fingerprint density at radius 2 is 1.95 bits per heavy atom. The standard InChI is InChI=1S/C15H27N3O2/c1-10(2)14(16)15(20)17-9-13(19)18-8-7-11-5-3-4-6-12(11)18/h10-12,14H,3-9,16H2,1-2H3,(H,17,20)/t11?,12?,14-/m0/s1. The molecule has 3 N–H and O–H groups in total. The fourth-order valence-electron chi connectivity index (χ4n) is 3.40. The van der Waals surface area contributed by atoms with Crippen LogP contribution in [0.15, 0.2) is 0 Å². The maximum Gasteiger partial charge on any atom is 0.242 e. The lowest BCUT2D eigenvalue weighted by Gasteiger charge is -2.31. The minimum atomic E-state index is -0.538. The van der Waals surface area contributed by atoms with Crippen LogP contribution in [0.5, 0.6) is 0 Å². The maximum atomic E-state index is 12.3. The summed E-state index contributed by atoms with van der Waals surface area (Å²) in [5, 5.41) is 2.68. The third-order valence-electron chi connectivity index (χ3n) is 4.77. The van der Waals surface area contributed by atoms with Crippen molar-refractivity contribution in [2.45, 2.75) is 58.0 Å². The van der Waals surface area contributed by atoms with Gasteiger partial charge in [-0.15, -0.1) is 0 Å². The minimum absolute atomic E-state index is 0.0451. The van der Waals surface area contributed by atoms with Gasteiger partial charge >= 0.3 is 0 Å². The Morgan fingerprint density at radius 1 is 1.25 bits per heavy atom. The molecule has 2 rings (SSSR count). The Morgan fingerprint density at radius 3 is 2.65 bits per heavy atom.